The molecule has 3 atom stereocenters. The van der Waals surface area contributed by atoms with Crippen molar-refractivity contribution < 1.29 is 27.5 Å². The average Bonchev–Trinajstić information content (AvgIpc) is 3.14. The number of hydrogen-bond acceptors (Lipinski definition) is 4. The van der Waals surface area contributed by atoms with Crippen LogP contribution in [0, 0.1) is 11.8 Å². The molecule has 7 nitrogen and oxygen atoms in total. The van der Waals surface area contributed by atoms with E-state index in [1.165, 1.54) is 4.68 Å². The van der Waals surface area contributed by atoms with E-state index < -0.39 is 24.6 Å². The molecule has 1 N–H and O–H groups in total. The lowest BCUT2D eigenvalue weighted by Gasteiger charge is -2.22. The minimum atomic E-state index is -4.59. The van der Waals surface area contributed by atoms with Crippen LogP contribution in [-0.2, 0) is 20.9 Å². The summed E-state index contributed by atoms with van der Waals surface area (Å²) in [6.07, 6.45) is -2.20. The summed E-state index contributed by atoms with van der Waals surface area (Å²) in [5, 5.41) is 6.70. The monoisotopic (exact) mass is 388 g/mol. The van der Waals surface area contributed by atoms with Gasteiger partial charge < -0.3 is 15.0 Å². The number of carbonyl (C=O) groups is 2. The number of ether oxygens (including phenoxy) is 1. The molecule has 2 amide bonds. The van der Waals surface area contributed by atoms with Gasteiger partial charge in [0, 0.05) is 38.5 Å². The first kappa shape index (κ1) is 19.7. The number of carbonyl (C=O) groups excluding carboxylic acids is 2. The molecule has 1 unspecified atom stereocenters. The summed E-state index contributed by atoms with van der Waals surface area (Å²) in [6.45, 7) is 0.907. The number of alkyl halides is 3. The SMILES string of the molecule is COC(CC(=O)N[C@@H]1CN(C(=O)Cn2cccn2)C[C@H]1C1CC1)C(F)(F)F. The van der Waals surface area contributed by atoms with Gasteiger partial charge in [-0.2, -0.15) is 18.3 Å². The number of methoxy groups -OCH3 is 1. The lowest BCUT2D eigenvalue weighted by atomic mass is 9.98. The zero-order valence-electron chi connectivity index (χ0n) is 15.0. The fourth-order valence-electron chi connectivity index (χ4n) is 3.59. The van der Waals surface area contributed by atoms with Gasteiger partial charge in [0.2, 0.25) is 11.8 Å². The van der Waals surface area contributed by atoms with Gasteiger partial charge in [0.15, 0.2) is 6.10 Å². The van der Waals surface area contributed by atoms with E-state index >= 15 is 0 Å². The number of rotatable bonds is 7. The lowest BCUT2D eigenvalue weighted by molar-refractivity contribution is -0.214. The lowest BCUT2D eigenvalue weighted by Crippen LogP contribution is -2.44. The Bertz CT molecular complexity index is 661. The third-order valence-electron chi connectivity index (χ3n) is 5.17. The van der Waals surface area contributed by atoms with E-state index in [2.05, 4.69) is 15.2 Å². The fraction of sp³-hybridized carbons (Fsp3) is 0.706. The maximum Gasteiger partial charge on any atom is 0.415 e. The van der Waals surface area contributed by atoms with Crippen LogP contribution in [0.3, 0.4) is 0 Å². The molecule has 1 aromatic heterocycles. The molecule has 0 aromatic carbocycles. The summed E-state index contributed by atoms with van der Waals surface area (Å²) in [6, 6.07) is 1.39. The highest BCUT2D eigenvalue weighted by Gasteiger charge is 2.46. The smallest absolute Gasteiger partial charge is 0.371 e. The second kappa shape index (κ2) is 7.87. The molecule has 1 aliphatic heterocycles. The molecule has 27 heavy (non-hydrogen) atoms. The molecular weight excluding hydrogens is 365 g/mol. The van der Waals surface area contributed by atoms with Gasteiger partial charge in [-0.15, -0.1) is 0 Å². The molecule has 1 saturated carbocycles. The summed E-state index contributed by atoms with van der Waals surface area (Å²) in [5.41, 5.74) is 0. The quantitative estimate of drug-likeness (QED) is 0.762. The third-order valence-corrected chi connectivity index (χ3v) is 5.17. The van der Waals surface area contributed by atoms with E-state index in [9.17, 15) is 22.8 Å². The van der Waals surface area contributed by atoms with Crippen molar-refractivity contribution in [1.29, 1.82) is 0 Å². The van der Waals surface area contributed by atoms with Crippen LogP contribution in [-0.4, -0.2) is 65.0 Å². The number of nitrogens with one attached hydrogen (secondary N) is 1. The number of hydrogen-bond donors (Lipinski definition) is 1. The van der Waals surface area contributed by atoms with Crippen molar-refractivity contribution in [2.75, 3.05) is 20.2 Å². The van der Waals surface area contributed by atoms with Crippen molar-refractivity contribution in [3.63, 3.8) is 0 Å². The number of aromatic nitrogens is 2. The van der Waals surface area contributed by atoms with Gasteiger partial charge in [0.1, 0.15) is 6.54 Å². The second-order valence-corrected chi connectivity index (χ2v) is 7.15. The Balaban J connectivity index is 1.58. The van der Waals surface area contributed by atoms with Crippen molar-refractivity contribution in [3.8, 4) is 0 Å². The molecule has 0 radical (unpaired) electrons. The molecular formula is C17H23F3N4O3. The Hall–Kier alpha value is -2.10. The van der Waals surface area contributed by atoms with Gasteiger partial charge in [-0.1, -0.05) is 0 Å². The van der Waals surface area contributed by atoms with E-state index in [1.807, 2.05) is 0 Å². The maximum absolute atomic E-state index is 12.8. The highest BCUT2D eigenvalue weighted by Crippen LogP contribution is 2.41. The molecule has 150 valence electrons. The van der Waals surface area contributed by atoms with Crippen LogP contribution >= 0.6 is 0 Å². The van der Waals surface area contributed by atoms with Crippen molar-refractivity contribution in [3.05, 3.63) is 18.5 Å². The van der Waals surface area contributed by atoms with E-state index in [1.54, 1.807) is 23.4 Å². The average molecular weight is 388 g/mol. The van der Waals surface area contributed by atoms with Crippen LogP contribution in [0.4, 0.5) is 13.2 Å². The van der Waals surface area contributed by atoms with E-state index in [0.717, 1.165) is 20.0 Å². The zero-order chi connectivity index (χ0) is 19.6. The first-order valence-electron chi connectivity index (χ1n) is 8.92. The number of likely N-dealkylation sites (tertiary alicyclic amines) is 1. The van der Waals surface area contributed by atoms with Crippen molar-refractivity contribution >= 4 is 11.8 Å². The van der Waals surface area contributed by atoms with Crippen LogP contribution in [0.15, 0.2) is 18.5 Å². The van der Waals surface area contributed by atoms with Crippen LogP contribution in [0.1, 0.15) is 19.3 Å². The molecule has 1 aliphatic carbocycles. The number of halogens is 3. The first-order chi connectivity index (χ1) is 12.8. The Morgan fingerprint density at radius 2 is 2.07 bits per heavy atom. The Labute approximate surface area is 154 Å². The Kier molecular flexibility index (Phi) is 5.73. The molecule has 1 saturated heterocycles. The largest absolute Gasteiger partial charge is 0.415 e. The van der Waals surface area contributed by atoms with Crippen LogP contribution in [0.25, 0.3) is 0 Å². The summed E-state index contributed by atoms with van der Waals surface area (Å²) >= 11 is 0. The summed E-state index contributed by atoms with van der Waals surface area (Å²) in [4.78, 5) is 26.3. The Morgan fingerprint density at radius 3 is 2.63 bits per heavy atom. The van der Waals surface area contributed by atoms with Gasteiger partial charge in [0.25, 0.3) is 0 Å². The molecule has 0 bridgehead atoms. The van der Waals surface area contributed by atoms with Gasteiger partial charge in [-0.25, -0.2) is 0 Å². The molecule has 10 heteroatoms. The normalized spacial score (nSPS) is 24.1. The third kappa shape index (κ3) is 5.00. The predicted molar refractivity (Wildman–Crippen MR) is 88.4 cm³/mol. The fourth-order valence-corrected chi connectivity index (χ4v) is 3.59. The van der Waals surface area contributed by atoms with Crippen molar-refractivity contribution in [2.45, 2.75) is 44.1 Å². The summed E-state index contributed by atoms with van der Waals surface area (Å²) in [7, 11) is 0.934. The molecule has 2 aliphatic rings. The number of nitrogens with zero attached hydrogens (tertiary/aromatic N) is 3. The summed E-state index contributed by atoms with van der Waals surface area (Å²) in [5.74, 6) is -0.358. The molecule has 2 fully saturated rings. The van der Waals surface area contributed by atoms with Gasteiger partial charge in [0.05, 0.1) is 12.5 Å². The number of amides is 2. The second-order valence-electron chi connectivity index (χ2n) is 7.15. The van der Waals surface area contributed by atoms with Gasteiger partial charge in [-0.05, 0) is 24.8 Å². The van der Waals surface area contributed by atoms with Crippen LogP contribution < -0.4 is 5.32 Å². The molecule has 2 heterocycles. The molecule has 1 aromatic rings. The minimum Gasteiger partial charge on any atom is -0.371 e. The first-order valence-corrected chi connectivity index (χ1v) is 8.92. The van der Waals surface area contributed by atoms with Crippen LogP contribution in [0.2, 0.25) is 0 Å². The standard InChI is InChI=1S/C17H23F3N4O3/c1-27-14(17(18,19)20)7-15(25)22-13-9-23(8-12(13)11-3-4-11)16(26)10-24-6-2-5-21-24/h2,5-6,11-14H,3-4,7-10H2,1H3,(H,22,25)/t12-,13+,14?/m0/s1. The van der Waals surface area contributed by atoms with E-state index in [4.69, 9.17) is 0 Å². The van der Waals surface area contributed by atoms with E-state index in [0.29, 0.717) is 19.0 Å². The predicted octanol–water partition coefficient (Wildman–Crippen LogP) is 1.20. The van der Waals surface area contributed by atoms with Crippen molar-refractivity contribution in [1.82, 2.24) is 20.0 Å². The topological polar surface area (TPSA) is 76.5 Å². The van der Waals surface area contributed by atoms with Gasteiger partial charge >= 0.3 is 6.18 Å². The van der Waals surface area contributed by atoms with E-state index in [-0.39, 0.29) is 24.4 Å². The molecule has 3 rings (SSSR count). The van der Waals surface area contributed by atoms with Crippen molar-refractivity contribution in [2.24, 2.45) is 11.8 Å². The molecule has 0 spiro atoms. The maximum atomic E-state index is 12.8. The Morgan fingerprint density at radius 1 is 1.33 bits per heavy atom. The van der Waals surface area contributed by atoms with Crippen LogP contribution in [0.5, 0.6) is 0 Å². The van der Waals surface area contributed by atoms with Gasteiger partial charge in [-0.3, -0.25) is 14.3 Å². The minimum absolute atomic E-state index is 0.0717. The summed E-state index contributed by atoms with van der Waals surface area (Å²) < 4.78 is 44.3. The highest BCUT2D eigenvalue weighted by atomic mass is 19.4. The highest BCUT2D eigenvalue weighted by molar-refractivity contribution is 5.78. The zero-order valence-corrected chi connectivity index (χ0v) is 15.0.